The highest BCUT2D eigenvalue weighted by Crippen LogP contribution is 2.22. The molecule has 0 aromatic heterocycles. The Bertz CT molecular complexity index is 149. The zero-order valence-electron chi connectivity index (χ0n) is 8.05. The van der Waals surface area contributed by atoms with Crippen molar-refractivity contribution < 1.29 is 5.11 Å². The molecule has 0 saturated heterocycles. The first-order chi connectivity index (χ1) is 5.83. The Morgan fingerprint density at radius 1 is 1.50 bits per heavy atom. The summed E-state index contributed by atoms with van der Waals surface area (Å²) in [6.07, 6.45) is 10.4. The summed E-state index contributed by atoms with van der Waals surface area (Å²) in [6.45, 7) is 2.23. The van der Waals surface area contributed by atoms with E-state index in [-0.39, 0.29) is 6.10 Å². The van der Waals surface area contributed by atoms with Crippen molar-refractivity contribution in [2.75, 3.05) is 0 Å². The van der Waals surface area contributed by atoms with Crippen LogP contribution >= 0.6 is 0 Å². The first kappa shape index (κ1) is 9.79. The number of aliphatic hydroxyl groups is 1. The first-order valence-corrected chi connectivity index (χ1v) is 5.20. The minimum Gasteiger partial charge on any atom is -0.389 e. The van der Waals surface area contributed by atoms with E-state index in [0.717, 1.165) is 6.42 Å². The summed E-state index contributed by atoms with van der Waals surface area (Å²) in [5, 5.41) is 9.36. The second-order valence-corrected chi connectivity index (χ2v) is 3.74. The summed E-state index contributed by atoms with van der Waals surface area (Å²) in [5.74, 6) is 0. The van der Waals surface area contributed by atoms with E-state index in [0.29, 0.717) is 0 Å². The lowest BCUT2D eigenvalue weighted by Crippen LogP contribution is -2.08. The SMILES string of the molecule is CCCCCC1=CC(O)CCC1. The summed E-state index contributed by atoms with van der Waals surface area (Å²) in [4.78, 5) is 0. The maximum atomic E-state index is 9.36. The molecule has 0 bridgehead atoms. The van der Waals surface area contributed by atoms with Crippen molar-refractivity contribution in [2.24, 2.45) is 0 Å². The third kappa shape index (κ3) is 3.40. The van der Waals surface area contributed by atoms with Crippen molar-refractivity contribution in [3.05, 3.63) is 11.6 Å². The van der Waals surface area contributed by atoms with E-state index in [2.05, 4.69) is 13.0 Å². The molecule has 1 aliphatic rings. The van der Waals surface area contributed by atoms with Crippen LogP contribution in [0.1, 0.15) is 51.9 Å². The van der Waals surface area contributed by atoms with Crippen LogP contribution in [0.5, 0.6) is 0 Å². The Kier molecular flexibility index (Phi) is 4.37. The average molecular weight is 168 g/mol. The van der Waals surface area contributed by atoms with E-state index in [4.69, 9.17) is 0 Å². The quantitative estimate of drug-likeness (QED) is 0.505. The van der Waals surface area contributed by atoms with Gasteiger partial charge in [0.1, 0.15) is 0 Å². The van der Waals surface area contributed by atoms with Gasteiger partial charge in [-0.1, -0.05) is 31.4 Å². The van der Waals surface area contributed by atoms with Crippen LogP contribution in [0.2, 0.25) is 0 Å². The normalized spacial score (nSPS) is 23.8. The Morgan fingerprint density at radius 3 is 3.00 bits per heavy atom. The molecule has 1 atom stereocenters. The Labute approximate surface area is 75.5 Å². The van der Waals surface area contributed by atoms with Gasteiger partial charge in [0.05, 0.1) is 6.10 Å². The van der Waals surface area contributed by atoms with Crippen LogP contribution in [0.3, 0.4) is 0 Å². The predicted octanol–water partition coefficient (Wildman–Crippen LogP) is 3.04. The van der Waals surface area contributed by atoms with Gasteiger partial charge in [-0.05, 0) is 32.1 Å². The van der Waals surface area contributed by atoms with Crippen molar-refractivity contribution in [3.8, 4) is 0 Å². The van der Waals surface area contributed by atoms with Crippen LogP contribution < -0.4 is 0 Å². The molecule has 1 N–H and O–H groups in total. The van der Waals surface area contributed by atoms with Crippen molar-refractivity contribution in [1.82, 2.24) is 0 Å². The van der Waals surface area contributed by atoms with Crippen LogP contribution in [-0.4, -0.2) is 11.2 Å². The molecule has 0 saturated carbocycles. The highest BCUT2D eigenvalue weighted by molar-refractivity contribution is 5.08. The van der Waals surface area contributed by atoms with E-state index in [1.165, 1.54) is 44.1 Å². The second-order valence-electron chi connectivity index (χ2n) is 3.74. The van der Waals surface area contributed by atoms with Gasteiger partial charge in [0.25, 0.3) is 0 Å². The molecule has 1 aliphatic carbocycles. The summed E-state index contributed by atoms with van der Waals surface area (Å²) in [5.41, 5.74) is 1.49. The Morgan fingerprint density at radius 2 is 2.33 bits per heavy atom. The first-order valence-electron chi connectivity index (χ1n) is 5.20. The fraction of sp³-hybridized carbons (Fsp3) is 0.818. The third-order valence-electron chi connectivity index (χ3n) is 2.53. The van der Waals surface area contributed by atoms with E-state index in [1.807, 2.05) is 0 Å². The van der Waals surface area contributed by atoms with Crippen molar-refractivity contribution in [3.63, 3.8) is 0 Å². The van der Waals surface area contributed by atoms with Crippen molar-refractivity contribution in [2.45, 2.75) is 58.0 Å². The molecule has 0 heterocycles. The summed E-state index contributed by atoms with van der Waals surface area (Å²) in [6, 6.07) is 0. The van der Waals surface area contributed by atoms with Crippen LogP contribution in [0.15, 0.2) is 11.6 Å². The molecule has 1 rings (SSSR count). The van der Waals surface area contributed by atoms with Crippen LogP contribution in [0.4, 0.5) is 0 Å². The number of hydrogen-bond donors (Lipinski definition) is 1. The zero-order chi connectivity index (χ0) is 8.81. The van der Waals surface area contributed by atoms with Gasteiger partial charge in [0.2, 0.25) is 0 Å². The highest BCUT2D eigenvalue weighted by Gasteiger charge is 2.09. The molecule has 0 aromatic rings. The van der Waals surface area contributed by atoms with Gasteiger partial charge in [0, 0.05) is 0 Å². The molecule has 0 aliphatic heterocycles. The van der Waals surface area contributed by atoms with Gasteiger partial charge >= 0.3 is 0 Å². The number of unbranched alkanes of at least 4 members (excludes halogenated alkanes) is 2. The summed E-state index contributed by atoms with van der Waals surface area (Å²) >= 11 is 0. The van der Waals surface area contributed by atoms with Gasteiger partial charge in [-0.2, -0.15) is 0 Å². The topological polar surface area (TPSA) is 20.2 Å². The van der Waals surface area contributed by atoms with Gasteiger partial charge in [-0.3, -0.25) is 0 Å². The number of rotatable bonds is 4. The van der Waals surface area contributed by atoms with Gasteiger partial charge in [-0.25, -0.2) is 0 Å². The zero-order valence-corrected chi connectivity index (χ0v) is 8.05. The molecule has 12 heavy (non-hydrogen) atoms. The fourth-order valence-corrected chi connectivity index (χ4v) is 1.79. The molecule has 1 nitrogen and oxygen atoms in total. The molecular formula is C11H20O. The van der Waals surface area contributed by atoms with E-state index in [1.54, 1.807) is 0 Å². The summed E-state index contributed by atoms with van der Waals surface area (Å²) in [7, 11) is 0. The molecular weight excluding hydrogens is 148 g/mol. The maximum absolute atomic E-state index is 9.36. The standard InChI is InChI=1S/C11H20O/c1-2-3-4-6-10-7-5-8-11(12)9-10/h9,11-12H,2-8H2,1H3. The summed E-state index contributed by atoms with van der Waals surface area (Å²) < 4.78 is 0. The fourth-order valence-electron chi connectivity index (χ4n) is 1.79. The molecule has 0 fully saturated rings. The lowest BCUT2D eigenvalue weighted by molar-refractivity contribution is 0.201. The van der Waals surface area contributed by atoms with Crippen LogP contribution in [-0.2, 0) is 0 Å². The molecule has 0 amide bonds. The smallest absolute Gasteiger partial charge is 0.0723 e. The Hall–Kier alpha value is -0.300. The van der Waals surface area contributed by atoms with Gasteiger partial charge in [-0.15, -0.1) is 0 Å². The average Bonchev–Trinajstić information content (AvgIpc) is 2.05. The van der Waals surface area contributed by atoms with Crippen molar-refractivity contribution in [1.29, 1.82) is 0 Å². The second kappa shape index (κ2) is 5.36. The number of hydrogen-bond acceptors (Lipinski definition) is 1. The molecule has 70 valence electrons. The molecule has 1 unspecified atom stereocenters. The van der Waals surface area contributed by atoms with Gasteiger partial charge in [0.15, 0.2) is 0 Å². The van der Waals surface area contributed by atoms with E-state index < -0.39 is 0 Å². The molecule has 0 spiro atoms. The van der Waals surface area contributed by atoms with E-state index >= 15 is 0 Å². The van der Waals surface area contributed by atoms with Crippen LogP contribution in [0.25, 0.3) is 0 Å². The minimum absolute atomic E-state index is 0.143. The van der Waals surface area contributed by atoms with E-state index in [9.17, 15) is 5.11 Å². The lowest BCUT2D eigenvalue weighted by Gasteiger charge is -2.16. The molecule has 0 aromatic carbocycles. The monoisotopic (exact) mass is 168 g/mol. The molecule has 1 heteroatoms. The Balaban J connectivity index is 2.21. The number of aliphatic hydroxyl groups excluding tert-OH is 1. The highest BCUT2D eigenvalue weighted by atomic mass is 16.3. The van der Waals surface area contributed by atoms with Gasteiger partial charge < -0.3 is 5.11 Å². The lowest BCUT2D eigenvalue weighted by atomic mass is 9.94. The van der Waals surface area contributed by atoms with Crippen molar-refractivity contribution >= 4 is 0 Å². The third-order valence-corrected chi connectivity index (χ3v) is 2.53. The minimum atomic E-state index is -0.143. The predicted molar refractivity (Wildman–Crippen MR) is 52.1 cm³/mol. The molecule has 0 radical (unpaired) electrons. The maximum Gasteiger partial charge on any atom is 0.0723 e. The number of allylic oxidation sites excluding steroid dienone is 1. The van der Waals surface area contributed by atoms with Crippen LogP contribution in [0, 0.1) is 0 Å². The largest absolute Gasteiger partial charge is 0.389 e.